The van der Waals surface area contributed by atoms with E-state index in [4.69, 9.17) is 9.31 Å². The molecular weight excluding hydrogens is 315 g/mol. The van der Waals surface area contributed by atoms with Gasteiger partial charge in [-0.2, -0.15) is 0 Å². The number of aryl methyl sites for hydroxylation is 1. The fourth-order valence-corrected chi connectivity index (χ4v) is 3.14. The Morgan fingerprint density at radius 3 is 2.30 bits per heavy atom. The maximum atomic E-state index is 12.0. The van der Waals surface area contributed by atoms with Gasteiger partial charge in [0.05, 0.1) is 17.2 Å². The first-order valence-electron chi connectivity index (χ1n) is 7.60. The molecule has 0 spiro atoms. The molecule has 0 aromatic carbocycles. The molecule has 1 N–H and O–H groups in total. The molecule has 1 aliphatic rings. The van der Waals surface area contributed by atoms with E-state index in [0.29, 0.717) is 0 Å². The average molecular weight is 340 g/mol. The molecule has 0 saturated carbocycles. The van der Waals surface area contributed by atoms with Crippen LogP contribution in [0.4, 0.5) is 0 Å². The monoisotopic (exact) mass is 340 g/mol. The molecule has 0 radical (unpaired) electrons. The molecule has 128 valence electrons. The minimum atomic E-state index is -1.19. The Kier molecular flexibility index (Phi) is 5.04. The van der Waals surface area contributed by atoms with Crippen molar-refractivity contribution in [3.8, 4) is 0 Å². The van der Waals surface area contributed by atoms with E-state index in [1.54, 1.807) is 25.6 Å². The summed E-state index contributed by atoms with van der Waals surface area (Å²) in [5.41, 5.74) is 0.454. The van der Waals surface area contributed by atoms with Gasteiger partial charge in [0.1, 0.15) is 6.26 Å². The molecule has 0 bridgehead atoms. The molecule has 0 aliphatic carbocycles. The minimum absolute atomic E-state index is 0.129. The molecule has 8 heteroatoms. The number of hydrogen-bond acceptors (Lipinski definition) is 5. The summed E-state index contributed by atoms with van der Waals surface area (Å²) in [6.07, 6.45) is 3.29. The summed E-state index contributed by atoms with van der Waals surface area (Å²) in [6.45, 7) is 9.80. The zero-order valence-corrected chi connectivity index (χ0v) is 15.6. The Morgan fingerprint density at radius 2 is 1.83 bits per heavy atom. The van der Waals surface area contributed by atoms with E-state index >= 15 is 0 Å². The van der Waals surface area contributed by atoms with Crippen LogP contribution in [-0.4, -0.2) is 33.7 Å². The third-order valence-electron chi connectivity index (χ3n) is 4.61. The summed E-state index contributed by atoms with van der Waals surface area (Å²) in [7, 11) is 1.12. The van der Waals surface area contributed by atoms with Crippen molar-refractivity contribution in [3.05, 3.63) is 28.2 Å². The van der Waals surface area contributed by atoms with Gasteiger partial charge in [0.15, 0.2) is 0 Å². The first-order chi connectivity index (χ1) is 10.4. The summed E-state index contributed by atoms with van der Waals surface area (Å²) in [6, 6.07) is 1.29. The van der Waals surface area contributed by atoms with Gasteiger partial charge in [-0.3, -0.25) is 4.79 Å². The van der Waals surface area contributed by atoms with Crippen molar-refractivity contribution in [2.24, 2.45) is 7.05 Å². The van der Waals surface area contributed by atoms with E-state index in [-0.39, 0.29) is 11.6 Å². The Bertz CT molecular complexity index is 629. The van der Waals surface area contributed by atoms with Gasteiger partial charge in [0.25, 0.3) is 5.56 Å². The molecule has 0 amide bonds. The van der Waals surface area contributed by atoms with Crippen molar-refractivity contribution < 1.29 is 13.9 Å². The molecular formula is C15H25BN2O4S. The van der Waals surface area contributed by atoms with Gasteiger partial charge in [-0.15, -0.1) is 4.72 Å². The van der Waals surface area contributed by atoms with Crippen LogP contribution in [0.15, 0.2) is 17.1 Å². The van der Waals surface area contributed by atoms with Crippen molar-refractivity contribution >= 4 is 23.9 Å². The van der Waals surface area contributed by atoms with E-state index in [1.165, 1.54) is 4.57 Å². The number of aromatic nitrogens is 1. The largest absolute Gasteiger partial charge is 0.598 e. The lowest BCUT2D eigenvalue weighted by molar-refractivity contribution is 0.00578. The van der Waals surface area contributed by atoms with Crippen LogP contribution in [-0.2, 0) is 27.7 Å². The highest BCUT2D eigenvalue weighted by Gasteiger charge is 2.52. The van der Waals surface area contributed by atoms with Crippen LogP contribution in [0, 0.1) is 0 Å². The maximum absolute atomic E-state index is 12.0. The van der Waals surface area contributed by atoms with Gasteiger partial charge in [0.2, 0.25) is 0 Å². The summed E-state index contributed by atoms with van der Waals surface area (Å²) < 4.78 is 28.1. The van der Waals surface area contributed by atoms with Gasteiger partial charge >= 0.3 is 7.12 Å². The second-order valence-corrected chi connectivity index (χ2v) is 8.16. The number of pyridine rings is 1. The van der Waals surface area contributed by atoms with E-state index < -0.39 is 29.7 Å². The maximum Gasteiger partial charge on any atom is 0.496 e. The van der Waals surface area contributed by atoms with Crippen LogP contribution >= 0.6 is 0 Å². The van der Waals surface area contributed by atoms with Gasteiger partial charge < -0.3 is 18.4 Å². The second kappa shape index (κ2) is 6.25. The van der Waals surface area contributed by atoms with Gasteiger partial charge in [0, 0.05) is 36.1 Å². The summed E-state index contributed by atoms with van der Waals surface area (Å²) in [5.74, 6) is 0. The Hall–Kier alpha value is -0.795. The van der Waals surface area contributed by atoms with Crippen molar-refractivity contribution in [3.63, 3.8) is 0 Å². The Morgan fingerprint density at radius 1 is 1.30 bits per heavy atom. The van der Waals surface area contributed by atoms with Crippen LogP contribution in [0.3, 0.4) is 0 Å². The van der Waals surface area contributed by atoms with E-state index in [0.717, 1.165) is 11.0 Å². The second-order valence-electron chi connectivity index (χ2n) is 7.02. The molecule has 2 atom stereocenters. The van der Waals surface area contributed by atoms with Crippen LogP contribution in [0.1, 0.15) is 46.2 Å². The van der Waals surface area contributed by atoms with Crippen LogP contribution < -0.4 is 15.7 Å². The minimum Gasteiger partial charge on any atom is -0.598 e. The lowest BCUT2D eigenvalue weighted by Gasteiger charge is -2.32. The fourth-order valence-electron chi connectivity index (χ4n) is 2.52. The van der Waals surface area contributed by atoms with Crippen molar-refractivity contribution in [2.75, 3.05) is 6.26 Å². The first kappa shape index (κ1) is 18.5. The topological polar surface area (TPSA) is 75.5 Å². The van der Waals surface area contributed by atoms with Crippen LogP contribution in [0.5, 0.6) is 0 Å². The quantitative estimate of drug-likeness (QED) is 0.643. The van der Waals surface area contributed by atoms with E-state index in [9.17, 15) is 9.35 Å². The third kappa shape index (κ3) is 3.66. The zero-order chi connectivity index (χ0) is 17.6. The average Bonchev–Trinajstić information content (AvgIpc) is 2.60. The Labute approximate surface area is 141 Å². The van der Waals surface area contributed by atoms with Gasteiger partial charge in [-0.05, 0) is 40.2 Å². The molecule has 1 fully saturated rings. The summed E-state index contributed by atoms with van der Waals surface area (Å²) in [5, 5.41) is 0. The molecule has 1 aliphatic heterocycles. The zero-order valence-electron chi connectivity index (χ0n) is 14.8. The normalized spacial score (nSPS) is 22.2. The molecule has 1 aromatic heterocycles. The standard InChI is InChI=1S/C15H25BN2O4S/c1-10(17-23(7)20)11-8-13(19)18(6)9-12(11)16-21-14(2,3)15(4,5)22-16/h8-10,17H,1-7H3/t10-,23?/m0/s1. The molecule has 6 nitrogen and oxygen atoms in total. The lowest BCUT2D eigenvalue weighted by Crippen LogP contribution is -2.42. The summed E-state index contributed by atoms with van der Waals surface area (Å²) in [4.78, 5) is 12.0. The molecule has 2 heterocycles. The Balaban J connectivity index is 2.46. The van der Waals surface area contributed by atoms with Gasteiger partial charge in [-0.1, -0.05) is 0 Å². The highest BCUT2D eigenvalue weighted by Crippen LogP contribution is 2.36. The van der Waals surface area contributed by atoms with Crippen molar-refractivity contribution in [1.82, 2.24) is 9.29 Å². The predicted molar refractivity (Wildman–Crippen MR) is 93.0 cm³/mol. The third-order valence-corrected chi connectivity index (χ3v) is 5.29. The SMILES string of the molecule is C[C@H](N[S+](C)[O-])c1cc(=O)n(C)cc1B1OC(C)(C)C(C)(C)O1. The van der Waals surface area contributed by atoms with E-state index in [1.807, 2.05) is 34.6 Å². The van der Waals surface area contributed by atoms with Crippen molar-refractivity contribution in [2.45, 2.75) is 51.9 Å². The highest BCUT2D eigenvalue weighted by atomic mass is 32.2. The molecule has 1 saturated heterocycles. The summed E-state index contributed by atoms with van der Waals surface area (Å²) >= 11 is -1.19. The van der Waals surface area contributed by atoms with Crippen LogP contribution in [0.2, 0.25) is 0 Å². The molecule has 2 rings (SSSR count). The highest BCUT2D eigenvalue weighted by molar-refractivity contribution is 7.88. The smallest absolute Gasteiger partial charge is 0.496 e. The van der Waals surface area contributed by atoms with Crippen LogP contribution in [0.25, 0.3) is 0 Å². The lowest BCUT2D eigenvalue weighted by atomic mass is 9.75. The number of nitrogens with one attached hydrogen (secondary N) is 1. The first-order valence-corrected chi connectivity index (χ1v) is 9.16. The van der Waals surface area contributed by atoms with Crippen molar-refractivity contribution in [1.29, 1.82) is 0 Å². The molecule has 1 unspecified atom stereocenters. The predicted octanol–water partition coefficient (Wildman–Crippen LogP) is 0.629. The van der Waals surface area contributed by atoms with E-state index in [2.05, 4.69) is 4.72 Å². The number of hydrogen-bond donors (Lipinski definition) is 1. The number of rotatable bonds is 4. The fraction of sp³-hybridized carbons (Fsp3) is 0.667. The molecule has 23 heavy (non-hydrogen) atoms. The number of nitrogens with zero attached hydrogens (tertiary/aromatic N) is 1. The molecule has 1 aromatic rings. The van der Waals surface area contributed by atoms with Gasteiger partial charge in [-0.25, -0.2) is 0 Å².